The SMILES string of the molecule is COC(=O)c1ccccc1NCC(C)C#N. The summed E-state index contributed by atoms with van der Waals surface area (Å²) in [6.07, 6.45) is 0. The number of para-hydroxylation sites is 1. The van der Waals surface area contributed by atoms with Crippen molar-refractivity contribution in [3.63, 3.8) is 0 Å². The lowest BCUT2D eigenvalue weighted by atomic mass is 10.1. The monoisotopic (exact) mass is 218 g/mol. The molecule has 84 valence electrons. The van der Waals surface area contributed by atoms with Gasteiger partial charge in [-0.1, -0.05) is 12.1 Å². The second-order valence-corrected chi connectivity index (χ2v) is 3.45. The maximum atomic E-state index is 11.4. The van der Waals surface area contributed by atoms with E-state index in [4.69, 9.17) is 5.26 Å². The second-order valence-electron chi connectivity index (χ2n) is 3.45. The molecule has 0 aliphatic rings. The predicted octanol–water partition coefficient (Wildman–Crippen LogP) is 2.04. The van der Waals surface area contributed by atoms with Crippen LogP contribution in [0.4, 0.5) is 5.69 Å². The van der Waals surface area contributed by atoms with Crippen LogP contribution in [0.3, 0.4) is 0 Å². The highest BCUT2D eigenvalue weighted by Crippen LogP contribution is 2.16. The Bertz CT molecular complexity index is 410. The molecular weight excluding hydrogens is 204 g/mol. The molecule has 1 atom stereocenters. The van der Waals surface area contributed by atoms with Crippen LogP contribution in [0.25, 0.3) is 0 Å². The lowest BCUT2D eigenvalue weighted by Crippen LogP contribution is -2.13. The average molecular weight is 218 g/mol. The Morgan fingerprint density at radius 2 is 2.25 bits per heavy atom. The molecule has 0 aliphatic carbocycles. The molecule has 4 nitrogen and oxygen atoms in total. The van der Waals surface area contributed by atoms with E-state index in [-0.39, 0.29) is 11.9 Å². The summed E-state index contributed by atoms with van der Waals surface area (Å²) in [6, 6.07) is 9.19. The van der Waals surface area contributed by atoms with Gasteiger partial charge in [0.2, 0.25) is 0 Å². The van der Waals surface area contributed by atoms with Gasteiger partial charge in [0.25, 0.3) is 0 Å². The van der Waals surface area contributed by atoms with Crippen LogP contribution in [0.15, 0.2) is 24.3 Å². The standard InChI is InChI=1S/C12H14N2O2/c1-9(7-13)8-14-11-6-4-3-5-10(11)12(15)16-2/h3-6,9,14H,8H2,1-2H3. The van der Waals surface area contributed by atoms with Crippen LogP contribution in [0.2, 0.25) is 0 Å². The lowest BCUT2D eigenvalue weighted by molar-refractivity contribution is 0.0602. The normalized spacial score (nSPS) is 11.3. The van der Waals surface area contributed by atoms with Crippen LogP contribution < -0.4 is 5.32 Å². The minimum absolute atomic E-state index is 0.106. The van der Waals surface area contributed by atoms with Crippen molar-refractivity contribution in [1.82, 2.24) is 0 Å². The fourth-order valence-corrected chi connectivity index (χ4v) is 1.23. The van der Waals surface area contributed by atoms with E-state index >= 15 is 0 Å². The van der Waals surface area contributed by atoms with Crippen molar-refractivity contribution < 1.29 is 9.53 Å². The van der Waals surface area contributed by atoms with Gasteiger partial charge in [0.15, 0.2) is 0 Å². The number of carbonyl (C=O) groups is 1. The Balaban J connectivity index is 2.80. The highest BCUT2D eigenvalue weighted by Gasteiger charge is 2.10. The number of carbonyl (C=O) groups excluding carboxylic acids is 1. The number of rotatable bonds is 4. The Morgan fingerprint density at radius 3 is 2.88 bits per heavy atom. The minimum Gasteiger partial charge on any atom is -0.465 e. The molecule has 0 spiro atoms. The predicted molar refractivity (Wildman–Crippen MR) is 61.0 cm³/mol. The third-order valence-electron chi connectivity index (χ3n) is 2.15. The minimum atomic E-state index is -0.382. The number of ether oxygens (including phenoxy) is 1. The zero-order chi connectivity index (χ0) is 12.0. The average Bonchev–Trinajstić information content (AvgIpc) is 2.35. The number of anilines is 1. The zero-order valence-corrected chi connectivity index (χ0v) is 9.36. The summed E-state index contributed by atoms with van der Waals surface area (Å²) >= 11 is 0. The van der Waals surface area contributed by atoms with Gasteiger partial charge in [-0.05, 0) is 19.1 Å². The van der Waals surface area contributed by atoms with Crippen molar-refractivity contribution >= 4 is 11.7 Å². The van der Waals surface area contributed by atoms with E-state index in [1.54, 1.807) is 18.2 Å². The molecule has 0 bridgehead atoms. The summed E-state index contributed by atoms with van der Waals surface area (Å²) in [5.74, 6) is -0.488. The molecule has 0 amide bonds. The molecule has 0 saturated heterocycles. The molecule has 0 heterocycles. The number of esters is 1. The van der Waals surface area contributed by atoms with Gasteiger partial charge in [0.05, 0.1) is 24.7 Å². The van der Waals surface area contributed by atoms with E-state index < -0.39 is 0 Å². The van der Waals surface area contributed by atoms with Crippen molar-refractivity contribution in [1.29, 1.82) is 5.26 Å². The number of nitrogens with zero attached hydrogens (tertiary/aromatic N) is 1. The summed E-state index contributed by atoms with van der Waals surface area (Å²) in [7, 11) is 1.34. The Hall–Kier alpha value is -2.02. The van der Waals surface area contributed by atoms with Gasteiger partial charge in [-0.2, -0.15) is 5.26 Å². The molecule has 1 rings (SSSR count). The quantitative estimate of drug-likeness (QED) is 0.785. The van der Waals surface area contributed by atoms with Gasteiger partial charge in [-0.25, -0.2) is 4.79 Å². The lowest BCUT2D eigenvalue weighted by Gasteiger charge is -2.11. The topological polar surface area (TPSA) is 62.1 Å². The summed E-state index contributed by atoms with van der Waals surface area (Å²) in [4.78, 5) is 11.4. The molecule has 0 saturated carbocycles. The molecular formula is C12H14N2O2. The van der Waals surface area contributed by atoms with Crippen molar-refractivity contribution in [2.75, 3.05) is 19.0 Å². The first kappa shape index (κ1) is 12.1. The highest BCUT2D eigenvalue weighted by atomic mass is 16.5. The van der Waals surface area contributed by atoms with E-state index in [2.05, 4.69) is 16.1 Å². The highest BCUT2D eigenvalue weighted by molar-refractivity contribution is 5.95. The van der Waals surface area contributed by atoms with Gasteiger partial charge in [-0.3, -0.25) is 0 Å². The van der Waals surface area contributed by atoms with Crippen molar-refractivity contribution in [3.8, 4) is 6.07 Å². The van der Waals surface area contributed by atoms with E-state index in [1.807, 2.05) is 13.0 Å². The van der Waals surface area contributed by atoms with Crippen LogP contribution in [-0.2, 0) is 4.74 Å². The molecule has 0 fully saturated rings. The van der Waals surface area contributed by atoms with Gasteiger partial charge < -0.3 is 10.1 Å². The fraction of sp³-hybridized carbons (Fsp3) is 0.333. The Morgan fingerprint density at radius 1 is 1.56 bits per heavy atom. The summed E-state index contributed by atoms with van der Waals surface area (Å²) in [6.45, 7) is 2.32. The fourth-order valence-electron chi connectivity index (χ4n) is 1.23. The molecule has 1 aromatic rings. The molecule has 0 aliphatic heterocycles. The number of benzene rings is 1. The molecule has 16 heavy (non-hydrogen) atoms. The first-order valence-corrected chi connectivity index (χ1v) is 5.00. The van der Waals surface area contributed by atoms with Crippen LogP contribution in [-0.4, -0.2) is 19.6 Å². The van der Waals surface area contributed by atoms with Crippen LogP contribution in [0.5, 0.6) is 0 Å². The number of hydrogen-bond acceptors (Lipinski definition) is 4. The number of nitriles is 1. The van der Waals surface area contributed by atoms with E-state index in [0.29, 0.717) is 17.8 Å². The maximum Gasteiger partial charge on any atom is 0.339 e. The van der Waals surface area contributed by atoms with Gasteiger partial charge >= 0.3 is 5.97 Å². The number of hydrogen-bond donors (Lipinski definition) is 1. The smallest absolute Gasteiger partial charge is 0.339 e. The first-order chi connectivity index (χ1) is 7.69. The first-order valence-electron chi connectivity index (χ1n) is 5.00. The summed E-state index contributed by atoms with van der Waals surface area (Å²) in [5, 5.41) is 11.7. The van der Waals surface area contributed by atoms with Crippen molar-refractivity contribution in [3.05, 3.63) is 29.8 Å². The van der Waals surface area contributed by atoms with Gasteiger partial charge in [0, 0.05) is 12.2 Å². The van der Waals surface area contributed by atoms with Crippen molar-refractivity contribution in [2.24, 2.45) is 5.92 Å². The molecule has 0 aromatic heterocycles. The van der Waals surface area contributed by atoms with E-state index in [9.17, 15) is 4.79 Å². The maximum absolute atomic E-state index is 11.4. The van der Waals surface area contributed by atoms with Crippen LogP contribution in [0, 0.1) is 17.2 Å². The second kappa shape index (κ2) is 5.76. The van der Waals surface area contributed by atoms with Gasteiger partial charge in [0.1, 0.15) is 0 Å². The summed E-state index contributed by atoms with van der Waals surface area (Å²) in [5.41, 5.74) is 1.17. The summed E-state index contributed by atoms with van der Waals surface area (Å²) < 4.78 is 4.67. The molecule has 1 unspecified atom stereocenters. The number of methoxy groups -OCH3 is 1. The Labute approximate surface area is 94.8 Å². The van der Waals surface area contributed by atoms with Crippen LogP contribution in [0.1, 0.15) is 17.3 Å². The molecule has 1 aromatic carbocycles. The molecule has 1 N–H and O–H groups in total. The van der Waals surface area contributed by atoms with Gasteiger partial charge in [-0.15, -0.1) is 0 Å². The third kappa shape index (κ3) is 2.99. The molecule has 0 radical (unpaired) electrons. The third-order valence-corrected chi connectivity index (χ3v) is 2.15. The largest absolute Gasteiger partial charge is 0.465 e. The van der Waals surface area contributed by atoms with Crippen molar-refractivity contribution in [2.45, 2.75) is 6.92 Å². The zero-order valence-electron chi connectivity index (χ0n) is 9.36. The van der Waals surface area contributed by atoms with E-state index in [0.717, 1.165) is 0 Å². The Kier molecular flexibility index (Phi) is 4.34. The van der Waals surface area contributed by atoms with E-state index in [1.165, 1.54) is 7.11 Å². The molecule has 4 heteroatoms. The van der Waals surface area contributed by atoms with Crippen LogP contribution >= 0.6 is 0 Å². The number of nitrogens with one attached hydrogen (secondary N) is 1.